The van der Waals surface area contributed by atoms with E-state index in [0.717, 1.165) is 6.42 Å². The predicted molar refractivity (Wildman–Crippen MR) is 64.3 cm³/mol. The third-order valence-electron chi connectivity index (χ3n) is 2.76. The van der Waals surface area contributed by atoms with Gasteiger partial charge in [0.15, 0.2) is 0 Å². The van der Waals surface area contributed by atoms with E-state index in [1.54, 1.807) is 0 Å². The fourth-order valence-electron chi connectivity index (χ4n) is 1.98. The van der Waals surface area contributed by atoms with Gasteiger partial charge < -0.3 is 0 Å². The van der Waals surface area contributed by atoms with Gasteiger partial charge in [-0.3, -0.25) is 0 Å². The number of allylic oxidation sites excluding steroid dienone is 6. The van der Waals surface area contributed by atoms with Gasteiger partial charge in [-0.1, -0.05) is 36.8 Å². The van der Waals surface area contributed by atoms with E-state index < -0.39 is 0 Å². The minimum absolute atomic E-state index is 0.677. The highest BCUT2D eigenvalue weighted by atomic mass is 14.2. The molecule has 0 amide bonds. The highest BCUT2D eigenvalue weighted by molar-refractivity contribution is 5.30. The van der Waals surface area contributed by atoms with E-state index in [1.807, 2.05) is 0 Å². The fourth-order valence-corrected chi connectivity index (χ4v) is 1.98. The van der Waals surface area contributed by atoms with Gasteiger partial charge in [-0.2, -0.15) is 0 Å². The molecule has 1 unspecified atom stereocenters. The molecule has 1 rings (SSSR count). The van der Waals surface area contributed by atoms with Gasteiger partial charge in [0, 0.05) is 5.92 Å². The van der Waals surface area contributed by atoms with Gasteiger partial charge in [0.05, 0.1) is 0 Å². The molecular weight excluding hydrogens is 168 g/mol. The molecule has 0 aromatic carbocycles. The van der Waals surface area contributed by atoms with Crippen molar-refractivity contribution in [3.05, 3.63) is 35.5 Å². The van der Waals surface area contributed by atoms with Crippen molar-refractivity contribution in [2.45, 2.75) is 46.5 Å². The van der Waals surface area contributed by atoms with Crippen molar-refractivity contribution in [3.8, 4) is 0 Å². The summed E-state index contributed by atoms with van der Waals surface area (Å²) < 4.78 is 0. The van der Waals surface area contributed by atoms with Crippen LogP contribution < -0.4 is 0 Å². The summed E-state index contributed by atoms with van der Waals surface area (Å²) in [5, 5.41) is 0. The Labute approximate surface area is 88.4 Å². The molecule has 0 heteroatoms. The maximum absolute atomic E-state index is 2.38. The second-order valence-corrected chi connectivity index (χ2v) is 4.23. The molecule has 0 fully saturated rings. The zero-order chi connectivity index (χ0) is 10.4. The van der Waals surface area contributed by atoms with Gasteiger partial charge >= 0.3 is 0 Å². The van der Waals surface area contributed by atoms with E-state index in [4.69, 9.17) is 0 Å². The quantitative estimate of drug-likeness (QED) is 0.449. The molecule has 1 aliphatic carbocycles. The molecule has 0 heterocycles. The molecule has 0 saturated heterocycles. The standard InChI is InChI=1S/C14H22/c1-4-5-11-14(12(2)3)13-9-7-6-8-10-13/h5,7,9,11,13H,4,6,8,10H2,1-3H3/b11-5-. The van der Waals surface area contributed by atoms with Crippen LogP contribution in [0.3, 0.4) is 0 Å². The topological polar surface area (TPSA) is 0 Å². The smallest absolute Gasteiger partial charge is 0.00173 e. The zero-order valence-corrected chi connectivity index (χ0v) is 9.72. The maximum atomic E-state index is 2.38. The molecule has 0 saturated carbocycles. The first-order valence-electron chi connectivity index (χ1n) is 5.76. The Balaban J connectivity index is 2.77. The molecule has 78 valence electrons. The summed E-state index contributed by atoms with van der Waals surface area (Å²) >= 11 is 0. The normalized spacial score (nSPS) is 21.5. The molecule has 14 heavy (non-hydrogen) atoms. The van der Waals surface area contributed by atoms with Crippen molar-refractivity contribution < 1.29 is 0 Å². The zero-order valence-electron chi connectivity index (χ0n) is 9.72. The lowest BCUT2D eigenvalue weighted by Crippen LogP contribution is -2.04. The summed E-state index contributed by atoms with van der Waals surface area (Å²) in [6.07, 6.45) is 14.4. The van der Waals surface area contributed by atoms with Gasteiger partial charge in [-0.15, -0.1) is 0 Å². The summed E-state index contributed by atoms with van der Waals surface area (Å²) in [5.74, 6) is 0.677. The van der Waals surface area contributed by atoms with Crippen LogP contribution in [0.1, 0.15) is 46.5 Å². The molecule has 0 nitrogen and oxygen atoms in total. The van der Waals surface area contributed by atoms with E-state index >= 15 is 0 Å². The Morgan fingerprint density at radius 1 is 1.43 bits per heavy atom. The second kappa shape index (κ2) is 5.85. The van der Waals surface area contributed by atoms with Gasteiger partial charge in [0.1, 0.15) is 0 Å². The SMILES string of the molecule is CC/C=C\C(=C(C)C)C1C=CCCC1. The molecule has 0 radical (unpaired) electrons. The average molecular weight is 190 g/mol. The molecule has 0 aliphatic heterocycles. The molecule has 1 atom stereocenters. The highest BCUT2D eigenvalue weighted by Gasteiger charge is 2.12. The van der Waals surface area contributed by atoms with Crippen molar-refractivity contribution in [1.29, 1.82) is 0 Å². The molecule has 0 aromatic rings. The van der Waals surface area contributed by atoms with E-state index in [1.165, 1.54) is 30.4 Å². The summed E-state index contributed by atoms with van der Waals surface area (Å²) in [5.41, 5.74) is 2.99. The molecule has 0 N–H and O–H groups in total. The molecule has 0 aromatic heterocycles. The highest BCUT2D eigenvalue weighted by Crippen LogP contribution is 2.27. The third-order valence-corrected chi connectivity index (χ3v) is 2.76. The van der Waals surface area contributed by atoms with Gasteiger partial charge in [-0.05, 0) is 45.1 Å². The predicted octanol–water partition coefficient (Wildman–Crippen LogP) is 4.65. The summed E-state index contributed by atoms with van der Waals surface area (Å²) in [6, 6.07) is 0. The second-order valence-electron chi connectivity index (χ2n) is 4.23. The van der Waals surface area contributed by atoms with Crippen molar-refractivity contribution in [1.82, 2.24) is 0 Å². The third kappa shape index (κ3) is 3.17. The van der Waals surface area contributed by atoms with E-state index in [2.05, 4.69) is 45.1 Å². The van der Waals surface area contributed by atoms with Gasteiger partial charge in [-0.25, -0.2) is 0 Å². The van der Waals surface area contributed by atoms with Gasteiger partial charge in [0.2, 0.25) is 0 Å². The van der Waals surface area contributed by atoms with E-state index in [9.17, 15) is 0 Å². The minimum atomic E-state index is 0.677. The van der Waals surface area contributed by atoms with Gasteiger partial charge in [0.25, 0.3) is 0 Å². The Morgan fingerprint density at radius 2 is 2.21 bits per heavy atom. The molecular formula is C14H22. The first kappa shape index (κ1) is 11.3. The van der Waals surface area contributed by atoms with E-state index in [0.29, 0.717) is 5.92 Å². The Kier molecular flexibility index (Phi) is 4.72. The van der Waals surface area contributed by atoms with Crippen molar-refractivity contribution in [2.75, 3.05) is 0 Å². The summed E-state index contributed by atoms with van der Waals surface area (Å²) in [6.45, 7) is 6.63. The molecule has 1 aliphatic rings. The first-order chi connectivity index (χ1) is 6.75. The Morgan fingerprint density at radius 3 is 2.71 bits per heavy atom. The Bertz CT molecular complexity index is 249. The van der Waals surface area contributed by atoms with Crippen LogP contribution in [-0.4, -0.2) is 0 Å². The van der Waals surface area contributed by atoms with E-state index in [-0.39, 0.29) is 0 Å². The first-order valence-corrected chi connectivity index (χ1v) is 5.76. The van der Waals surface area contributed by atoms with Crippen LogP contribution >= 0.6 is 0 Å². The maximum Gasteiger partial charge on any atom is 0.00173 e. The summed E-state index contributed by atoms with van der Waals surface area (Å²) in [4.78, 5) is 0. The van der Waals surface area contributed by atoms with Crippen LogP contribution in [0, 0.1) is 5.92 Å². The van der Waals surface area contributed by atoms with Crippen LogP contribution in [0.25, 0.3) is 0 Å². The van der Waals surface area contributed by atoms with Crippen LogP contribution in [0.15, 0.2) is 35.5 Å². The van der Waals surface area contributed by atoms with Crippen LogP contribution in [0.2, 0.25) is 0 Å². The lowest BCUT2D eigenvalue weighted by Gasteiger charge is -2.19. The number of hydrogen-bond donors (Lipinski definition) is 0. The van der Waals surface area contributed by atoms with Crippen molar-refractivity contribution in [3.63, 3.8) is 0 Å². The Hall–Kier alpha value is -0.780. The van der Waals surface area contributed by atoms with Crippen LogP contribution in [0.5, 0.6) is 0 Å². The molecule has 0 bridgehead atoms. The average Bonchev–Trinajstić information content (AvgIpc) is 2.19. The monoisotopic (exact) mass is 190 g/mol. The van der Waals surface area contributed by atoms with Crippen molar-refractivity contribution >= 4 is 0 Å². The number of hydrogen-bond acceptors (Lipinski definition) is 0. The summed E-state index contributed by atoms with van der Waals surface area (Å²) in [7, 11) is 0. The fraction of sp³-hybridized carbons (Fsp3) is 0.571. The van der Waals surface area contributed by atoms with Crippen molar-refractivity contribution in [2.24, 2.45) is 5.92 Å². The lowest BCUT2D eigenvalue weighted by atomic mass is 9.86. The minimum Gasteiger partial charge on any atom is -0.0879 e. The lowest BCUT2D eigenvalue weighted by molar-refractivity contribution is 0.610. The largest absolute Gasteiger partial charge is 0.0879 e. The number of rotatable bonds is 3. The van der Waals surface area contributed by atoms with Crippen LogP contribution in [-0.2, 0) is 0 Å². The van der Waals surface area contributed by atoms with Crippen LogP contribution in [0.4, 0.5) is 0 Å². The molecule has 0 spiro atoms.